The monoisotopic (exact) mass is 340 g/mol. The van der Waals surface area contributed by atoms with E-state index in [4.69, 9.17) is 15.3 Å². The quantitative estimate of drug-likeness (QED) is 0.508. The van der Waals surface area contributed by atoms with E-state index in [0.29, 0.717) is 12.1 Å². The highest BCUT2D eigenvalue weighted by atomic mass is 16.6. The van der Waals surface area contributed by atoms with Crippen LogP contribution in [-0.4, -0.2) is 37.0 Å². The lowest BCUT2D eigenvalue weighted by molar-refractivity contribution is -0.123. The number of amides is 1. The normalized spacial score (nSPS) is 14.0. The molecule has 0 spiro atoms. The highest BCUT2D eigenvalue weighted by Gasteiger charge is 2.23. The van der Waals surface area contributed by atoms with Crippen molar-refractivity contribution in [1.82, 2.24) is 4.98 Å². The van der Waals surface area contributed by atoms with Crippen LogP contribution in [0.1, 0.15) is 17.5 Å². The van der Waals surface area contributed by atoms with E-state index in [1.54, 1.807) is 36.5 Å². The van der Waals surface area contributed by atoms with Crippen LogP contribution in [0.5, 0.6) is 5.75 Å². The average molecular weight is 340 g/mol. The van der Waals surface area contributed by atoms with Gasteiger partial charge in [0.15, 0.2) is 12.4 Å². The third-order valence-electron chi connectivity index (χ3n) is 4.01. The number of rotatable bonds is 5. The number of aryl methyl sites for hydroxylation is 1. The van der Waals surface area contributed by atoms with Crippen LogP contribution in [-0.2, 0) is 16.1 Å². The lowest BCUT2D eigenvalue weighted by Crippen LogP contribution is -2.37. The van der Waals surface area contributed by atoms with E-state index in [1.807, 2.05) is 18.2 Å². The molecule has 7 nitrogen and oxygen atoms in total. The Morgan fingerprint density at radius 2 is 2.28 bits per heavy atom. The fraction of sp³-hybridized carbons (Fsp3) is 0.278. The number of aromatic nitrogens is 1. The maximum absolute atomic E-state index is 12.5. The van der Waals surface area contributed by atoms with Crippen molar-refractivity contribution in [3.63, 3.8) is 0 Å². The Labute approximate surface area is 146 Å². The van der Waals surface area contributed by atoms with Crippen molar-refractivity contribution in [3.05, 3.63) is 53.9 Å². The molecule has 2 aromatic rings. The van der Waals surface area contributed by atoms with Crippen LogP contribution in [0.3, 0.4) is 0 Å². The van der Waals surface area contributed by atoms with Crippen molar-refractivity contribution in [3.8, 4) is 5.75 Å². The number of methoxy groups -OCH3 is 1. The molecule has 25 heavy (non-hydrogen) atoms. The Morgan fingerprint density at radius 3 is 3.04 bits per heavy atom. The predicted octanol–water partition coefficient (Wildman–Crippen LogP) is 1.71. The fourth-order valence-electron chi connectivity index (χ4n) is 2.76. The molecule has 1 aromatic carbocycles. The van der Waals surface area contributed by atoms with Crippen molar-refractivity contribution >= 4 is 17.4 Å². The van der Waals surface area contributed by atoms with Gasteiger partial charge in [0.25, 0.3) is 5.91 Å². The zero-order valence-corrected chi connectivity index (χ0v) is 14.0. The molecule has 130 valence electrons. The number of hydrogen-bond acceptors (Lipinski definition) is 5. The maximum atomic E-state index is 12.5. The molecular weight excluding hydrogens is 320 g/mol. The van der Waals surface area contributed by atoms with Gasteiger partial charge in [0.2, 0.25) is 0 Å². The maximum Gasteiger partial charge on any atom is 0.267 e. The van der Waals surface area contributed by atoms with Crippen LogP contribution >= 0.6 is 0 Å². The van der Waals surface area contributed by atoms with Crippen LogP contribution < -0.4 is 15.4 Å². The summed E-state index contributed by atoms with van der Waals surface area (Å²) in [5.74, 6) is 0.816. The number of nitrogens with two attached hydrogens (primary N) is 1. The molecule has 7 heteroatoms. The summed E-state index contributed by atoms with van der Waals surface area (Å²) < 4.78 is 5.24. The summed E-state index contributed by atoms with van der Waals surface area (Å²) in [5, 5.41) is 3.80. The summed E-state index contributed by atoms with van der Waals surface area (Å²) in [5.41, 5.74) is 8.45. The van der Waals surface area contributed by atoms with Crippen molar-refractivity contribution in [2.24, 2.45) is 10.9 Å². The van der Waals surface area contributed by atoms with Gasteiger partial charge in [-0.1, -0.05) is 5.16 Å². The number of pyridine rings is 1. The van der Waals surface area contributed by atoms with Crippen LogP contribution in [0.2, 0.25) is 0 Å². The summed E-state index contributed by atoms with van der Waals surface area (Å²) in [6.45, 7) is 0.482. The number of amidine groups is 1. The van der Waals surface area contributed by atoms with Crippen LogP contribution in [0.25, 0.3) is 0 Å². The lowest BCUT2D eigenvalue weighted by atomic mass is 10.0. The minimum Gasteiger partial charge on any atom is -0.497 e. The highest BCUT2D eigenvalue weighted by Crippen LogP contribution is 2.30. The summed E-state index contributed by atoms with van der Waals surface area (Å²) in [7, 11) is 1.63. The Morgan fingerprint density at radius 1 is 1.40 bits per heavy atom. The molecule has 0 aliphatic carbocycles. The predicted molar refractivity (Wildman–Crippen MR) is 94.6 cm³/mol. The van der Waals surface area contributed by atoms with Gasteiger partial charge in [-0.2, -0.15) is 0 Å². The van der Waals surface area contributed by atoms with E-state index >= 15 is 0 Å². The number of carbonyl (C=O) groups excluding carboxylic acids is 1. The summed E-state index contributed by atoms with van der Waals surface area (Å²) in [6, 6.07) is 9.24. The number of carbonyl (C=O) groups is 1. The van der Waals surface area contributed by atoms with E-state index in [1.165, 1.54) is 0 Å². The number of oxime groups is 1. The number of ether oxygens (including phenoxy) is 1. The second-order valence-electron chi connectivity index (χ2n) is 5.64. The molecule has 2 N–H and O–H groups in total. The first kappa shape index (κ1) is 16.8. The summed E-state index contributed by atoms with van der Waals surface area (Å²) >= 11 is 0. The molecule has 1 amide bonds. The van der Waals surface area contributed by atoms with Crippen molar-refractivity contribution < 1.29 is 14.4 Å². The summed E-state index contributed by atoms with van der Waals surface area (Å²) in [4.78, 5) is 23.3. The molecule has 0 saturated carbocycles. The third-order valence-corrected chi connectivity index (χ3v) is 4.01. The Hall–Kier alpha value is -3.09. The second-order valence-corrected chi connectivity index (χ2v) is 5.64. The first-order valence-electron chi connectivity index (χ1n) is 8.02. The standard InChI is InChI=1S/C18H20N4O3/c1-24-15-6-7-16-13(10-15)5-3-9-22(16)17(23)12-25-21-18(19)14-4-2-8-20-11-14/h2,4,6-8,10-11H,3,5,9,12H2,1H3,(H2,19,21). The van der Waals surface area contributed by atoms with Crippen LogP contribution in [0, 0.1) is 0 Å². The van der Waals surface area contributed by atoms with Crippen LogP contribution in [0.4, 0.5) is 5.69 Å². The lowest BCUT2D eigenvalue weighted by Gasteiger charge is -2.29. The van der Waals surface area contributed by atoms with Gasteiger partial charge < -0.3 is 20.2 Å². The minimum atomic E-state index is -0.174. The van der Waals surface area contributed by atoms with E-state index in [2.05, 4.69) is 10.1 Å². The molecule has 1 aliphatic heterocycles. The largest absolute Gasteiger partial charge is 0.497 e. The van der Waals surface area contributed by atoms with E-state index < -0.39 is 0 Å². The van der Waals surface area contributed by atoms with Crippen molar-refractivity contribution in [2.75, 3.05) is 25.2 Å². The van der Waals surface area contributed by atoms with E-state index in [0.717, 1.165) is 29.8 Å². The summed E-state index contributed by atoms with van der Waals surface area (Å²) in [6.07, 6.45) is 5.04. The van der Waals surface area contributed by atoms with Gasteiger partial charge in [-0.3, -0.25) is 9.78 Å². The van der Waals surface area contributed by atoms with Gasteiger partial charge in [0.05, 0.1) is 7.11 Å². The Balaban J connectivity index is 1.65. The topological polar surface area (TPSA) is 90.0 Å². The molecule has 2 heterocycles. The molecule has 1 aliphatic rings. The Kier molecular flexibility index (Phi) is 5.13. The fourth-order valence-corrected chi connectivity index (χ4v) is 2.76. The zero-order chi connectivity index (χ0) is 17.6. The van der Waals surface area contributed by atoms with Gasteiger partial charge >= 0.3 is 0 Å². The SMILES string of the molecule is COc1ccc2c(c1)CCCN2C(=O)CO/N=C(\N)c1cccnc1. The van der Waals surface area contributed by atoms with Gasteiger partial charge in [-0.05, 0) is 48.7 Å². The number of benzene rings is 1. The first-order valence-corrected chi connectivity index (χ1v) is 8.02. The molecule has 0 saturated heterocycles. The molecule has 3 rings (SSSR count). The van der Waals surface area contributed by atoms with Gasteiger partial charge in [-0.15, -0.1) is 0 Å². The molecule has 0 bridgehead atoms. The Bertz CT molecular complexity index is 777. The van der Waals surface area contributed by atoms with Crippen molar-refractivity contribution in [1.29, 1.82) is 0 Å². The second kappa shape index (κ2) is 7.65. The average Bonchev–Trinajstić information content (AvgIpc) is 2.67. The highest BCUT2D eigenvalue weighted by molar-refractivity contribution is 5.97. The molecule has 0 atom stereocenters. The number of nitrogens with zero attached hydrogens (tertiary/aromatic N) is 3. The van der Waals surface area contributed by atoms with Gasteiger partial charge in [0, 0.05) is 30.2 Å². The van der Waals surface area contributed by atoms with Gasteiger partial charge in [0.1, 0.15) is 5.75 Å². The molecule has 0 radical (unpaired) electrons. The zero-order valence-electron chi connectivity index (χ0n) is 14.0. The number of hydrogen-bond donors (Lipinski definition) is 1. The number of anilines is 1. The van der Waals surface area contributed by atoms with E-state index in [9.17, 15) is 4.79 Å². The van der Waals surface area contributed by atoms with E-state index in [-0.39, 0.29) is 18.3 Å². The van der Waals surface area contributed by atoms with Gasteiger partial charge in [-0.25, -0.2) is 0 Å². The first-order chi connectivity index (χ1) is 12.2. The van der Waals surface area contributed by atoms with Crippen molar-refractivity contribution in [2.45, 2.75) is 12.8 Å². The molecule has 0 fully saturated rings. The number of fused-ring (bicyclic) bond motifs is 1. The smallest absolute Gasteiger partial charge is 0.267 e. The minimum absolute atomic E-state index is 0.158. The molecule has 1 aromatic heterocycles. The third kappa shape index (κ3) is 3.88. The molecular formula is C18H20N4O3. The molecule has 0 unspecified atom stereocenters. The van der Waals surface area contributed by atoms with Crippen LogP contribution in [0.15, 0.2) is 47.9 Å².